The molecule has 7 heteroatoms. The van der Waals surface area contributed by atoms with Crippen LogP contribution in [0, 0.1) is 6.92 Å². The summed E-state index contributed by atoms with van der Waals surface area (Å²) < 4.78 is 6.90. The van der Waals surface area contributed by atoms with Crippen molar-refractivity contribution in [1.82, 2.24) is 0 Å². The zero-order chi connectivity index (χ0) is 22.1. The summed E-state index contributed by atoms with van der Waals surface area (Å²) in [6.45, 7) is 1.67. The van der Waals surface area contributed by atoms with Crippen molar-refractivity contribution in [3.8, 4) is 17.2 Å². The van der Waals surface area contributed by atoms with Crippen molar-refractivity contribution in [2.45, 2.75) is 6.92 Å². The van der Waals surface area contributed by atoms with Gasteiger partial charge in [-0.1, -0.05) is 53.5 Å². The van der Waals surface area contributed by atoms with Crippen molar-refractivity contribution in [2.75, 3.05) is 5.32 Å². The Morgan fingerprint density at radius 2 is 1.71 bits per heavy atom. The molecule has 0 fully saturated rings. The number of fused-ring (bicyclic) bond motifs is 1. The Morgan fingerprint density at radius 1 is 0.968 bits per heavy atom. The first kappa shape index (κ1) is 21.5. The second-order valence-corrected chi connectivity index (χ2v) is 8.58. The van der Waals surface area contributed by atoms with Gasteiger partial charge in [0.15, 0.2) is 5.75 Å². The van der Waals surface area contributed by atoms with E-state index in [9.17, 15) is 9.90 Å². The Kier molecular flexibility index (Phi) is 6.10. The first-order valence-corrected chi connectivity index (χ1v) is 10.8. The average Bonchev–Trinajstić information content (AvgIpc) is 2.74. The number of phenols is 1. The first-order valence-electron chi connectivity index (χ1n) is 9.28. The molecule has 0 unspecified atom stereocenters. The van der Waals surface area contributed by atoms with Crippen LogP contribution >= 0.6 is 39.1 Å². The molecule has 4 nitrogen and oxygen atoms in total. The van der Waals surface area contributed by atoms with Crippen molar-refractivity contribution in [1.29, 1.82) is 0 Å². The average molecular weight is 517 g/mol. The number of phenolic OH excluding ortho intramolecular Hbond substituents is 1. The first-order chi connectivity index (χ1) is 14.8. The van der Waals surface area contributed by atoms with Crippen LogP contribution in [0.15, 0.2) is 71.2 Å². The number of amides is 1. The lowest BCUT2D eigenvalue weighted by atomic mass is 10.1. The van der Waals surface area contributed by atoms with Crippen LogP contribution in [0.25, 0.3) is 10.8 Å². The molecule has 0 aliphatic heterocycles. The van der Waals surface area contributed by atoms with Gasteiger partial charge in [0.25, 0.3) is 5.91 Å². The van der Waals surface area contributed by atoms with E-state index in [0.717, 1.165) is 15.2 Å². The number of ether oxygens (including phenoxy) is 1. The molecule has 0 bridgehead atoms. The van der Waals surface area contributed by atoms with Crippen molar-refractivity contribution in [3.63, 3.8) is 0 Å². The normalized spacial score (nSPS) is 10.8. The van der Waals surface area contributed by atoms with Crippen molar-refractivity contribution in [3.05, 3.63) is 92.4 Å². The summed E-state index contributed by atoms with van der Waals surface area (Å²) in [6.07, 6.45) is 0. The fourth-order valence-corrected chi connectivity index (χ4v) is 4.22. The third-order valence-electron chi connectivity index (χ3n) is 4.75. The maximum Gasteiger partial charge on any atom is 0.259 e. The Hall–Kier alpha value is -2.73. The van der Waals surface area contributed by atoms with Crippen LogP contribution in [0.1, 0.15) is 15.9 Å². The van der Waals surface area contributed by atoms with E-state index in [1.165, 1.54) is 6.07 Å². The van der Waals surface area contributed by atoms with E-state index in [0.29, 0.717) is 32.8 Å². The second kappa shape index (κ2) is 8.79. The number of hydrogen-bond acceptors (Lipinski definition) is 3. The fourth-order valence-electron chi connectivity index (χ4n) is 3.20. The molecular formula is C24H16BrCl2NO3. The minimum absolute atomic E-state index is 0.0582. The molecule has 0 spiro atoms. The monoisotopic (exact) mass is 515 g/mol. The number of aryl methyl sites for hydroxylation is 1. The van der Waals surface area contributed by atoms with Crippen LogP contribution in [-0.2, 0) is 0 Å². The second-order valence-electron chi connectivity index (χ2n) is 6.91. The Labute approximate surface area is 197 Å². The molecule has 156 valence electrons. The number of halogens is 3. The summed E-state index contributed by atoms with van der Waals surface area (Å²) in [5.74, 6) is 0.307. The molecule has 0 aliphatic carbocycles. The molecule has 4 aromatic rings. The quantitative estimate of drug-likeness (QED) is 0.289. The van der Waals surface area contributed by atoms with Gasteiger partial charge in [-0.05, 0) is 75.6 Å². The minimum atomic E-state index is -0.534. The van der Waals surface area contributed by atoms with E-state index in [1.54, 1.807) is 31.2 Å². The summed E-state index contributed by atoms with van der Waals surface area (Å²) in [5, 5.41) is 15.9. The molecule has 0 atom stereocenters. The lowest BCUT2D eigenvalue weighted by molar-refractivity contribution is 0.102. The zero-order valence-electron chi connectivity index (χ0n) is 16.2. The molecule has 4 aromatic carbocycles. The van der Waals surface area contributed by atoms with Gasteiger partial charge >= 0.3 is 0 Å². The van der Waals surface area contributed by atoms with Crippen LogP contribution in [0.4, 0.5) is 5.69 Å². The number of carbonyl (C=O) groups is 1. The predicted molar refractivity (Wildman–Crippen MR) is 129 cm³/mol. The van der Waals surface area contributed by atoms with Crippen molar-refractivity contribution in [2.24, 2.45) is 0 Å². The predicted octanol–water partition coefficient (Wildman–Crippen LogP) is 7.97. The molecule has 31 heavy (non-hydrogen) atoms. The van der Waals surface area contributed by atoms with Gasteiger partial charge in [-0.25, -0.2) is 0 Å². The molecule has 4 rings (SSSR count). The van der Waals surface area contributed by atoms with E-state index in [2.05, 4.69) is 21.2 Å². The van der Waals surface area contributed by atoms with Gasteiger partial charge in [-0.3, -0.25) is 4.79 Å². The molecule has 0 saturated heterocycles. The van der Waals surface area contributed by atoms with Crippen LogP contribution in [0.5, 0.6) is 17.2 Å². The minimum Gasteiger partial charge on any atom is -0.507 e. The van der Waals surface area contributed by atoms with Gasteiger partial charge in [0.2, 0.25) is 0 Å². The maximum absolute atomic E-state index is 12.9. The molecule has 0 aromatic heterocycles. The molecule has 2 N–H and O–H groups in total. The number of hydrogen-bond donors (Lipinski definition) is 2. The SMILES string of the molecule is Cc1cc(Cl)cc(C(=O)Nc2cc(Cl)ccc2Oc2ccc3ccccc3c2Br)c1O. The van der Waals surface area contributed by atoms with Gasteiger partial charge in [0.05, 0.1) is 15.7 Å². The zero-order valence-corrected chi connectivity index (χ0v) is 19.3. The standard InChI is InChI=1S/C24H16BrCl2NO3/c1-13-10-16(27)11-18(23(13)29)24(30)28-19-12-15(26)7-9-20(19)31-21-8-6-14-4-2-3-5-17(14)22(21)25/h2-12,29H,1H3,(H,28,30). The summed E-state index contributed by atoms with van der Waals surface area (Å²) in [6, 6.07) is 19.6. The van der Waals surface area contributed by atoms with Crippen LogP contribution in [0.3, 0.4) is 0 Å². The molecule has 0 aliphatic rings. The van der Waals surface area contributed by atoms with Crippen molar-refractivity contribution < 1.29 is 14.6 Å². The van der Waals surface area contributed by atoms with E-state index < -0.39 is 5.91 Å². The van der Waals surface area contributed by atoms with Gasteiger partial charge in [-0.15, -0.1) is 0 Å². The number of benzene rings is 4. The molecule has 0 saturated carbocycles. The number of anilines is 1. The lowest BCUT2D eigenvalue weighted by Gasteiger charge is -2.15. The topological polar surface area (TPSA) is 58.6 Å². The van der Waals surface area contributed by atoms with E-state index in [-0.39, 0.29) is 11.3 Å². The highest BCUT2D eigenvalue weighted by atomic mass is 79.9. The van der Waals surface area contributed by atoms with E-state index in [4.69, 9.17) is 27.9 Å². The van der Waals surface area contributed by atoms with Gasteiger partial charge in [-0.2, -0.15) is 0 Å². The van der Waals surface area contributed by atoms with Gasteiger partial charge in [0.1, 0.15) is 11.5 Å². The lowest BCUT2D eigenvalue weighted by Crippen LogP contribution is -2.13. The highest BCUT2D eigenvalue weighted by molar-refractivity contribution is 9.10. The fraction of sp³-hybridized carbons (Fsp3) is 0.0417. The summed E-state index contributed by atoms with van der Waals surface area (Å²) >= 11 is 15.8. The Morgan fingerprint density at radius 3 is 2.52 bits per heavy atom. The highest BCUT2D eigenvalue weighted by Gasteiger charge is 2.18. The number of aromatic hydroxyl groups is 1. The number of nitrogens with one attached hydrogen (secondary N) is 1. The molecular weight excluding hydrogens is 501 g/mol. The van der Waals surface area contributed by atoms with Gasteiger partial charge in [0, 0.05) is 10.0 Å². The van der Waals surface area contributed by atoms with Crippen LogP contribution < -0.4 is 10.1 Å². The maximum atomic E-state index is 12.9. The van der Waals surface area contributed by atoms with Crippen molar-refractivity contribution >= 4 is 61.5 Å². The molecule has 1 amide bonds. The summed E-state index contributed by atoms with van der Waals surface area (Å²) in [5.41, 5.74) is 0.915. The molecule has 0 heterocycles. The molecule has 0 radical (unpaired) electrons. The summed E-state index contributed by atoms with van der Waals surface area (Å²) in [4.78, 5) is 12.9. The third-order valence-corrected chi connectivity index (χ3v) is 6.02. The largest absolute Gasteiger partial charge is 0.507 e. The van der Waals surface area contributed by atoms with Crippen LogP contribution in [0.2, 0.25) is 10.0 Å². The van der Waals surface area contributed by atoms with Crippen LogP contribution in [-0.4, -0.2) is 11.0 Å². The van der Waals surface area contributed by atoms with Gasteiger partial charge < -0.3 is 15.2 Å². The van der Waals surface area contributed by atoms with E-state index in [1.807, 2.05) is 36.4 Å². The highest BCUT2D eigenvalue weighted by Crippen LogP contribution is 2.39. The Balaban J connectivity index is 1.69. The summed E-state index contributed by atoms with van der Waals surface area (Å²) in [7, 11) is 0. The number of rotatable bonds is 4. The Bertz CT molecular complexity index is 1320. The number of carbonyl (C=O) groups excluding carboxylic acids is 1. The van der Waals surface area contributed by atoms with E-state index >= 15 is 0 Å². The smallest absolute Gasteiger partial charge is 0.259 e. The third kappa shape index (κ3) is 4.49.